The quantitative estimate of drug-likeness (QED) is 0.771. The summed E-state index contributed by atoms with van der Waals surface area (Å²) in [6, 6.07) is 8.29. The number of methoxy groups -OCH3 is 1. The van der Waals surface area contributed by atoms with Crippen molar-refractivity contribution < 1.29 is 14.3 Å². The maximum Gasteiger partial charge on any atom is 0.312 e. The van der Waals surface area contributed by atoms with Crippen LogP contribution in [0.3, 0.4) is 0 Å². The van der Waals surface area contributed by atoms with Gasteiger partial charge in [-0.25, -0.2) is 0 Å². The average Bonchev–Trinajstić information content (AvgIpc) is 2.26. The predicted octanol–water partition coefficient (Wildman–Crippen LogP) is 2.46. The summed E-state index contributed by atoms with van der Waals surface area (Å²) in [5, 5.41) is 0. The largest absolute Gasteiger partial charge is 0.469 e. The van der Waals surface area contributed by atoms with Crippen LogP contribution in [-0.4, -0.2) is 26.3 Å². The van der Waals surface area contributed by atoms with E-state index in [2.05, 4.69) is 25.1 Å². The van der Waals surface area contributed by atoms with Crippen LogP contribution in [0.1, 0.15) is 25.0 Å². The van der Waals surface area contributed by atoms with Gasteiger partial charge < -0.3 is 9.47 Å². The number of carbonyl (C=O) groups is 1. The van der Waals surface area contributed by atoms with Gasteiger partial charge >= 0.3 is 5.97 Å². The van der Waals surface area contributed by atoms with Crippen LogP contribution in [0, 0.1) is 12.3 Å². The van der Waals surface area contributed by atoms with E-state index in [-0.39, 0.29) is 11.4 Å². The first-order valence-corrected chi connectivity index (χ1v) is 6.17. The Bertz CT molecular complexity index is 459. The molecule has 0 spiro atoms. The monoisotopic (exact) mass is 248 g/mol. The van der Waals surface area contributed by atoms with Crippen molar-refractivity contribution >= 4 is 5.97 Å². The molecule has 0 amide bonds. The number of benzene rings is 1. The van der Waals surface area contributed by atoms with E-state index >= 15 is 0 Å². The van der Waals surface area contributed by atoms with Crippen LogP contribution in [-0.2, 0) is 19.7 Å². The van der Waals surface area contributed by atoms with Crippen molar-refractivity contribution in [2.24, 2.45) is 5.41 Å². The normalized spacial score (nSPS) is 18.0. The second-order valence-corrected chi connectivity index (χ2v) is 5.56. The maximum absolute atomic E-state index is 12.1. The molecule has 3 nitrogen and oxygen atoms in total. The van der Waals surface area contributed by atoms with Crippen molar-refractivity contribution in [2.45, 2.75) is 26.2 Å². The van der Waals surface area contributed by atoms with Crippen LogP contribution >= 0.6 is 0 Å². The summed E-state index contributed by atoms with van der Waals surface area (Å²) < 4.78 is 10.4. The first-order chi connectivity index (χ1) is 8.44. The van der Waals surface area contributed by atoms with Crippen LogP contribution in [0.5, 0.6) is 0 Å². The van der Waals surface area contributed by atoms with Crippen LogP contribution in [0.25, 0.3) is 0 Å². The molecule has 0 aromatic heterocycles. The fourth-order valence-electron chi connectivity index (χ4n) is 2.59. The highest BCUT2D eigenvalue weighted by molar-refractivity contribution is 5.78. The van der Waals surface area contributed by atoms with Gasteiger partial charge in [0.15, 0.2) is 0 Å². The number of carbonyl (C=O) groups excluding carboxylic acids is 1. The molecule has 98 valence electrons. The van der Waals surface area contributed by atoms with Crippen LogP contribution in [0.2, 0.25) is 0 Å². The minimum Gasteiger partial charge on any atom is -0.469 e. The number of esters is 1. The highest BCUT2D eigenvalue weighted by Crippen LogP contribution is 2.48. The second-order valence-electron chi connectivity index (χ2n) is 5.56. The smallest absolute Gasteiger partial charge is 0.312 e. The zero-order valence-electron chi connectivity index (χ0n) is 11.4. The van der Waals surface area contributed by atoms with E-state index in [9.17, 15) is 4.79 Å². The molecule has 1 aromatic rings. The summed E-state index contributed by atoms with van der Waals surface area (Å²) in [7, 11) is 1.44. The van der Waals surface area contributed by atoms with E-state index in [4.69, 9.17) is 9.47 Å². The zero-order chi connectivity index (χ0) is 13.4. The summed E-state index contributed by atoms with van der Waals surface area (Å²) in [4.78, 5) is 12.1. The third kappa shape index (κ3) is 1.74. The molecule has 2 rings (SSSR count). The standard InChI is InChI=1S/C15H20O3/c1-11-6-5-7-12(8-11)15(9-18-10-15)14(2,3)13(16)17-4/h5-8H,9-10H2,1-4H3. The fraction of sp³-hybridized carbons (Fsp3) is 0.533. The topological polar surface area (TPSA) is 35.5 Å². The molecule has 0 aliphatic carbocycles. The van der Waals surface area contributed by atoms with Crippen molar-refractivity contribution in [3.63, 3.8) is 0 Å². The molecule has 0 atom stereocenters. The Morgan fingerprint density at radius 3 is 2.50 bits per heavy atom. The fourth-order valence-corrected chi connectivity index (χ4v) is 2.59. The van der Waals surface area contributed by atoms with E-state index < -0.39 is 5.41 Å². The summed E-state index contributed by atoms with van der Waals surface area (Å²) in [6.07, 6.45) is 0. The van der Waals surface area contributed by atoms with E-state index in [0.717, 1.165) is 5.56 Å². The molecule has 0 unspecified atom stereocenters. The van der Waals surface area contributed by atoms with Crippen LogP contribution in [0.4, 0.5) is 0 Å². The molecule has 18 heavy (non-hydrogen) atoms. The average molecular weight is 248 g/mol. The van der Waals surface area contributed by atoms with Crippen molar-refractivity contribution in [1.29, 1.82) is 0 Å². The Morgan fingerprint density at radius 1 is 1.39 bits per heavy atom. The molecule has 1 saturated heterocycles. The molecule has 1 fully saturated rings. The molecule has 0 N–H and O–H groups in total. The lowest BCUT2D eigenvalue weighted by molar-refractivity contribution is -0.174. The van der Waals surface area contributed by atoms with Gasteiger partial charge in [-0.2, -0.15) is 0 Å². The lowest BCUT2D eigenvalue weighted by Gasteiger charge is -2.51. The molecule has 1 aromatic carbocycles. The van der Waals surface area contributed by atoms with Crippen molar-refractivity contribution in [2.75, 3.05) is 20.3 Å². The Labute approximate surface area is 108 Å². The van der Waals surface area contributed by atoms with Gasteiger partial charge in [0, 0.05) is 0 Å². The van der Waals surface area contributed by atoms with Crippen molar-refractivity contribution in [3.05, 3.63) is 35.4 Å². The third-order valence-corrected chi connectivity index (χ3v) is 4.16. The van der Waals surface area contributed by atoms with Gasteiger partial charge in [-0.1, -0.05) is 29.8 Å². The minimum absolute atomic E-state index is 0.188. The number of rotatable bonds is 3. The second kappa shape index (κ2) is 4.39. The Morgan fingerprint density at radius 2 is 2.06 bits per heavy atom. The van der Waals surface area contributed by atoms with E-state index in [1.807, 2.05) is 19.9 Å². The van der Waals surface area contributed by atoms with Gasteiger partial charge in [0.25, 0.3) is 0 Å². The molecular weight excluding hydrogens is 228 g/mol. The lowest BCUT2D eigenvalue weighted by atomic mass is 9.60. The number of hydrogen-bond donors (Lipinski definition) is 0. The molecule has 1 aliphatic rings. The molecule has 1 aliphatic heterocycles. The van der Waals surface area contributed by atoms with Crippen LogP contribution in [0.15, 0.2) is 24.3 Å². The van der Waals surface area contributed by atoms with Crippen molar-refractivity contribution in [1.82, 2.24) is 0 Å². The highest BCUT2D eigenvalue weighted by Gasteiger charge is 2.56. The van der Waals surface area contributed by atoms with Crippen LogP contribution < -0.4 is 0 Å². The van der Waals surface area contributed by atoms with E-state index in [1.54, 1.807) is 0 Å². The molecule has 0 saturated carbocycles. The van der Waals surface area contributed by atoms with Gasteiger partial charge in [0.05, 0.1) is 31.2 Å². The van der Waals surface area contributed by atoms with Crippen molar-refractivity contribution in [3.8, 4) is 0 Å². The zero-order valence-corrected chi connectivity index (χ0v) is 11.4. The summed E-state index contributed by atoms with van der Waals surface area (Å²) in [5.74, 6) is -0.188. The van der Waals surface area contributed by atoms with Gasteiger partial charge in [-0.15, -0.1) is 0 Å². The maximum atomic E-state index is 12.1. The van der Waals surface area contributed by atoms with E-state index in [0.29, 0.717) is 13.2 Å². The predicted molar refractivity (Wildman–Crippen MR) is 69.5 cm³/mol. The Hall–Kier alpha value is -1.35. The SMILES string of the molecule is COC(=O)C(C)(C)C1(c2cccc(C)c2)COC1. The Balaban J connectivity index is 2.46. The lowest BCUT2D eigenvalue weighted by Crippen LogP contribution is -2.60. The first-order valence-electron chi connectivity index (χ1n) is 6.17. The minimum atomic E-state index is -0.589. The van der Waals surface area contributed by atoms with Gasteiger partial charge in [-0.3, -0.25) is 4.79 Å². The molecule has 0 bridgehead atoms. The number of ether oxygens (including phenoxy) is 2. The summed E-state index contributed by atoms with van der Waals surface area (Å²) in [5.41, 5.74) is 1.49. The van der Waals surface area contributed by atoms with E-state index in [1.165, 1.54) is 12.7 Å². The summed E-state index contributed by atoms with van der Waals surface area (Å²) in [6.45, 7) is 7.06. The van der Waals surface area contributed by atoms with Gasteiger partial charge in [0.2, 0.25) is 0 Å². The molecule has 3 heteroatoms. The number of hydrogen-bond acceptors (Lipinski definition) is 3. The first kappa shape index (κ1) is 13.1. The highest BCUT2D eigenvalue weighted by atomic mass is 16.5. The molecule has 0 radical (unpaired) electrons. The number of aryl methyl sites for hydroxylation is 1. The summed E-state index contributed by atoms with van der Waals surface area (Å²) >= 11 is 0. The molecular formula is C15H20O3. The third-order valence-electron chi connectivity index (χ3n) is 4.16. The molecule has 1 heterocycles. The van der Waals surface area contributed by atoms with Gasteiger partial charge in [0.1, 0.15) is 0 Å². The van der Waals surface area contributed by atoms with Gasteiger partial charge in [-0.05, 0) is 26.3 Å². The Kier molecular flexibility index (Phi) is 3.20.